The van der Waals surface area contributed by atoms with Crippen molar-refractivity contribution < 1.29 is 8.78 Å². The summed E-state index contributed by atoms with van der Waals surface area (Å²) in [4.78, 5) is 6.36. The Labute approximate surface area is 140 Å². The smallest absolute Gasteiger partial charge is 0.133 e. The standard InChI is InChI=1S/C20H18F2N2/c1-24(13-15-5-3-2-4-6-15)14-16-9-17(12-23-11-16)19-8-7-18(21)10-20(19)22/h2-12H,13-14H2,1H3. The third-order valence-electron chi connectivity index (χ3n) is 3.78. The van der Waals surface area contributed by atoms with Crippen LogP contribution in [0, 0.1) is 11.6 Å². The van der Waals surface area contributed by atoms with Crippen molar-refractivity contribution >= 4 is 0 Å². The highest BCUT2D eigenvalue weighted by molar-refractivity contribution is 5.63. The van der Waals surface area contributed by atoms with Gasteiger partial charge in [-0.2, -0.15) is 0 Å². The Kier molecular flexibility index (Phi) is 4.96. The molecule has 0 N–H and O–H groups in total. The number of hydrogen-bond acceptors (Lipinski definition) is 2. The van der Waals surface area contributed by atoms with Gasteiger partial charge in [0.2, 0.25) is 0 Å². The molecule has 4 heteroatoms. The molecule has 0 fully saturated rings. The topological polar surface area (TPSA) is 16.1 Å². The minimum absolute atomic E-state index is 0.358. The van der Waals surface area contributed by atoms with Crippen LogP contribution in [0.5, 0.6) is 0 Å². The average Bonchev–Trinajstić information content (AvgIpc) is 2.56. The van der Waals surface area contributed by atoms with Gasteiger partial charge in [0.05, 0.1) is 0 Å². The molecule has 0 aliphatic carbocycles. The normalized spacial score (nSPS) is 11.0. The second-order valence-electron chi connectivity index (χ2n) is 5.86. The molecule has 0 bridgehead atoms. The van der Waals surface area contributed by atoms with Crippen molar-refractivity contribution in [2.75, 3.05) is 7.05 Å². The van der Waals surface area contributed by atoms with Crippen molar-refractivity contribution in [1.29, 1.82) is 0 Å². The van der Waals surface area contributed by atoms with Crippen LogP contribution in [-0.4, -0.2) is 16.9 Å². The predicted octanol–water partition coefficient (Wildman–Crippen LogP) is 4.66. The van der Waals surface area contributed by atoms with Crippen LogP contribution in [0.15, 0.2) is 67.0 Å². The first-order valence-electron chi connectivity index (χ1n) is 7.73. The number of benzene rings is 2. The van der Waals surface area contributed by atoms with Gasteiger partial charge in [0.25, 0.3) is 0 Å². The highest BCUT2D eigenvalue weighted by Crippen LogP contribution is 2.24. The Morgan fingerprint density at radius 1 is 0.875 bits per heavy atom. The van der Waals surface area contributed by atoms with Crippen molar-refractivity contribution in [2.24, 2.45) is 0 Å². The van der Waals surface area contributed by atoms with Gasteiger partial charge >= 0.3 is 0 Å². The lowest BCUT2D eigenvalue weighted by Gasteiger charge is -2.17. The molecule has 2 aromatic carbocycles. The van der Waals surface area contributed by atoms with Gasteiger partial charge in [0.15, 0.2) is 0 Å². The molecular weight excluding hydrogens is 306 g/mol. The van der Waals surface area contributed by atoms with Crippen LogP contribution >= 0.6 is 0 Å². The van der Waals surface area contributed by atoms with E-state index in [4.69, 9.17) is 0 Å². The Bertz CT molecular complexity index is 819. The number of rotatable bonds is 5. The molecule has 24 heavy (non-hydrogen) atoms. The molecule has 3 aromatic rings. The van der Waals surface area contributed by atoms with Crippen molar-refractivity contribution in [3.8, 4) is 11.1 Å². The van der Waals surface area contributed by atoms with E-state index in [1.54, 1.807) is 12.4 Å². The molecule has 0 radical (unpaired) electrons. The van der Waals surface area contributed by atoms with Gasteiger partial charge in [-0.05, 0) is 36.4 Å². The van der Waals surface area contributed by atoms with Crippen LogP contribution in [0.25, 0.3) is 11.1 Å². The van der Waals surface area contributed by atoms with Crippen LogP contribution in [-0.2, 0) is 13.1 Å². The summed E-state index contributed by atoms with van der Waals surface area (Å²) in [6, 6.07) is 15.7. The fourth-order valence-electron chi connectivity index (χ4n) is 2.71. The Morgan fingerprint density at radius 2 is 1.62 bits per heavy atom. The molecule has 0 amide bonds. The largest absolute Gasteiger partial charge is 0.298 e. The van der Waals surface area contributed by atoms with E-state index in [0.29, 0.717) is 17.7 Å². The van der Waals surface area contributed by atoms with E-state index in [9.17, 15) is 8.78 Å². The minimum Gasteiger partial charge on any atom is -0.298 e. The van der Waals surface area contributed by atoms with Crippen molar-refractivity contribution in [2.45, 2.75) is 13.1 Å². The van der Waals surface area contributed by atoms with Gasteiger partial charge in [-0.3, -0.25) is 9.88 Å². The molecule has 3 rings (SSSR count). The molecule has 122 valence electrons. The molecule has 2 nitrogen and oxygen atoms in total. The maximum Gasteiger partial charge on any atom is 0.133 e. The summed E-state index contributed by atoms with van der Waals surface area (Å²) in [6.45, 7) is 1.51. The molecule has 0 saturated heterocycles. The molecule has 0 unspecified atom stereocenters. The van der Waals surface area contributed by atoms with Gasteiger partial charge in [-0.25, -0.2) is 8.78 Å². The Hall–Kier alpha value is -2.59. The molecule has 0 atom stereocenters. The van der Waals surface area contributed by atoms with Crippen LogP contribution < -0.4 is 0 Å². The maximum atomic E-state index is 13.9. The first kappa shape index (κ1) is 16.3. The highest BCUT2D eigenvalue weighted by atomic mass is 19.1. The molecule has 0 saturated carbocycles. The second-order valence-corrected chi connectivity index (χ2v) is 5.86. The third kappa shape index (κ3) is 4.03. The average molecular weight is 324 g/mol. The number of hydrogen-bond donors (Lipinski definition) is 0. The van der Waals surface area contributed by atoms with E-state index >= 15 is 0 Å². The molecular formula is C20H18F2N2. The van der Waals surface area contributed by atoms with Crippen molar-refractivity contribution in [3.05, 3.63) is 89.8 Å². The van der Waals surface area contributed by atoms with Gasteiger partial charge in [-0.15, -0.1) is 0 Å². The van der Waals surface area contributed by atoms with Crippen molar-refractivity contribution in [3.63, 3.8) is 0 Å². The monoisotopic (exact) mass is 324 g/mol. The maximum absolute atomic E-state index is 13.9. The lowest BCUT2D eigenvalue weighted by atomic mass is 10.1. The number of nitrogens with zero attached hydrogens (tertiary/aromatic N) is 2. The SMILES string of the molecule is CN(Cc1ccccc1)Cc1cncc(-c2ccc(F)cc2F)c1. The molecule has 1 aromatic heterocycles. The fraction of sp³-hybridized carbons (Fsp3) is 0.150. The Morgan fingerprint density at radius 3 is 2.38 bits per heavy atom. The van der Waals surface area contributed by atoms with Gasteiger partial charge in [-0.1, -0.05) is 30.3 Å². The quantitative estimate of drug-likeness (QED) is 0.678. The predicted molar refractivity (Wildman–Crippen MR) is 91.2 cm³/mol. The van der Waals surface area contributed by atoms with Crippen LogP contribution in [0.1, 0.15) is 11.1 Å². The fourth-order valence-corrected chi connectivity index (χ4v) is 2.71. The van der Waals surface area contributed by atoms with E-state index in [-0.39, 0.29) is 0 Å². The lowest BCUT2D eigenvalue weighted by Crippen LogP contribution is -2.17. The Balaban J connectivity index is 1.75. The van der Waals surface area contributed by atoms with Gasteiger partial charge < -0.3 is 0 Å². The zero-order valence-corrected chi connectivity index (χ0v) is 13.4. The lowest BCUT2D eigenvalue weighted by molar-refractivity contribution is 0.319. The molecule has 0 aliphatic heterocycles. The zero-order valence-electron chi connectivity index (χ0n) is 13.4. The summed E-state index contributed by atoms with van der Waals surface area (Å²) in [7, 11) is 2.03. The summed E-state index contributed by atoms with van der Waals surface area (Å²) < 4.78 is 27.0. The summed E-state index contributed by atoms with van der Waals surface area (Å²) in [5.74, 6) is -1.16. The van der Waals surface area contributed by atoms with E-state index in [1.165, 1.54) is 17.7 Å². The number of aromatic nitrogens is 1. The van der Waals surface area contributed by atoms with Gasteiger partial charge in [0.1, 0.15) is 11.6 Å². The van der Waals surface area contributed by atoms with E-state index in [1.807, 2.05) is 31.3 Å². The highest BCUT2D eigenvalue weighted by Gasteiger charge is 2.09. The van der Waals surface area contributed by atoms with E-state index in [0.717, 1.165) is 18.2 Å². The minimum atomic E-state index is -0.581. The second kappa shape index (κ2) is 7.32. The summed E-state index contributed by atoms with van der Waals surface area (Å²) in [6.07, 6.45) is 3.36. The molecule has 0 spiro atoms. The molecule has 0 aliphatic rings. The molecule has 1 heterocycles. The van der Waals surface area contributed by atoms with Crippen LogP contribution in [0.2, 0.25) is 0 Å². The number of halogens is 2. The number of pyridine rings is 1. The van der Waals surface area contributed by atoms with Crippen LogP contribution in [0.3, 0.4) is 0 Å². The van der Waals surface area contributed by atoms with Crippen molar-refractivity contribution in [1.82, 2.24) is 9.88 Å². The summed E-state index contributed by atoms with van der Waals surface area (Å²) in [5, 5.41) is 0. The summed E-state index contributed by atoms with van der Waals surface area (Å²) in [5.41, 5.74) is 3.22. The van der Waals surface area contributed by atoms with E-state index in [2.05, 4.69) is 22.0 Å². The first-order valence-corrected chi connectivity index (χ1v) is 7.73. The first-order chi connectivity index (χ1) is 11.6. The third-order valence-corrected chi connectivity index (χ3v) is 3.78. The zero-order chi connectivity index (χ0) is 16.9. The van der Waals surface area contributed by atoms with E-state index < -0.39 is 11.6 Å². The van der Waals surface area contributed by atoms with Gasteiger partial charge in [0, 0.05) is 42.7 Å². The van der Waals surface area contributed by atoms with Crippen LogP contribution in [0.4, 0.5) is 8.78 Å². The summed E-state index contributed by atoms with van der Waals surface area (Å²) >= 11 is 0.